The number of hydrogen-bond acceptors (Lipinski definition) is 14. The van der Waals surface area contributed by atoms with Crippen molar-refractivity contribution in [2.24, 2.45) is 5.73 Å². The summed E-state index contributed by atoms with van der Waals surface area (Å²) in [6, 6.07) is 22.6. The zero-order valence-electron chi connectivity index (χ0n) is 45.8. The SMILES string of the molecule is C.C=O.Cc1ccc(-c2noc(C3(N(C)C)CC3)n2)cc1NC(=O)c1cnc2ccccn12.Cc1ccc(-c2noc(C3(N)CC3)n2)cc1NC(=O)c1cnc2ccccn12.F.FF.FF.FF.FF.FF.FF.FF.FF.FF.FF.FF.FF.FF.FF.O=CO. The number of carbonyl (C=O) groups is 4. The zero-order valence-corrected chi connectivity index (χ0v) is 45.8. The molecular weight excluding hydrogens is 1370 g/mol. The molecule has 0 aliphatic heterocycles. The number of hydrogen-bond donors (Lipinski definition) is 4. The number of anilines is 2. The van der Waals surface area contributed by atoms with Gasteiger partial charge in [0.15, 0.2) is 0 Å². The van der Waals surface area contributed by atoms with Gasteiger partial charge in [-0.3, -0.25) is 32.8 Å². The number of fused-ring (bicyclic) bond motifs is 2. The molecular formula is C45H49F29N12O7. The van der Waals surface area contributed by atoms with E-state index in [2.05, 4.69) is 45.8 Å². The van der Waals surface area contributed by atoms with E-state index in [1.807, 2.05) is 120 Å². The van der Waals surface area contributed by atoms with E-state index >= 15 is 0 Å². The molecule has 534 valence electrons. The van der Waals surface area contributed by atoms with Crippen LogP contribution in [0.2, 0.25) is 0 Å². The summed E-state index contributed by atoms with van der Waals surface area (Å²) in [6.07, 6.45) is 10.5. The summed E-state index contributed by atoms with van der Waals surface area (Å²) in [5, 5.41) is 21.0. The lowest BCUT2D eigenvalue weighted by atomic mass is 10.1. The molecule has 2 amide bonds. The molecule has 2 aromatic carbocycles. The maximum absolute atomic E-state index is 12.9. The number of pyridine rings is 2. The van der Waals surface area contributed by atoms with Crippen LogP contribution >= 0.6 is 0 Å². The summed E-state index contributed by atoms with van der Waals surface area (Å²) in [6.45, 7) is 5.62. The van der Waals surface area contributed by atoms with Gasteiger partial charge in [0.25, 0.3) is 18.3 Å². The largest absolute Gasteiger partial charge is 0.483 e. The predicted molar refractivity (Wildman–Crippen MR) is 271 cm³/mol. The Labute approximate surface area is 500 Å². The molecule has 0 radical (unpaired) electrons. The molecule has 2 aliphatic rings. The zero-order chi connectivity index (χ0) is 72.9. The molecule has 5 N–H and O–H groups in total. The second kappa shape index (κ2) is 66.5. The number of nitrogens with zero attached hydrogens (tertiary/aromatic N) is 9. The first-order valence-corrected chi connectivity index (χ1v) is 21.6. The number of nitrogens with one attached hydrogen (secondary N) is 2. The number of halogens is 29. The second-order valence-corrected chi connectivity index (χ2v) is 15.1. The Hall–Kier alpha value is -9.93. The molecule has 6 heterocycles. The van der Waals surface area contributed by atoms with Crippen molar-refractivity contribution in [1.29, 1.82) is 0 Å². The fraction of sp³-hybridized carbons (Fsp3) is 0.244. The Morgan fingerprint density at radius 2 is 0.849 bits per heavy atom. The lowest BCUT2D eigenvalue weighted by Gasteiger charge is -2.18. The first-order chi connectivity index (χ1) is 44.4. The highest BCUT2D eigenvalue weighted by atomic mass is 20.0. The second-order valence-electron chi connectivity index (χ2n) is 15.1. The number of nitrogens with two attached hydrogens (primary N) is 1. The monoisotopic (exact) mass is 1420 g/mol. The molecule has 0 saturated heterocycles. The highest BCUT2D eigenvalue weighted by Crippen LogP contribution is 2.49. The van der Waals surface area contributed by atoms with Crippen molar-refractivity contribution in [1.82, 2.24) is 44.0 Å². The van der Waals surface area contributed by atoms with Crippen LogP contribution in [0.5, 0.6) is 0 Å². The van der Waals surface area contributed by atoms with Crippen LogP contribution in [0, 0.1) is 13.8 Å². The third-order valence-corrected chi connectivity index (χ3v) is 10.8. The van der Waals surface area contributed by atoms with Crippen molar-refractivity contribution in [3.8, 4) is 22.8 Å². The number of benzene rings is 2. The van der Waals surface area contributed by atoms with E-state index in [4.69, 9.17) is 158 Å². The number of aromatic nitrogens is 8. The van der Waals surface area contributed by atoms with E-state index in [0.717, 1.165) is 53.6 Å². The molecule has 2 aliphatic carbocycles. The predicted octanol–water partition coefficient (Wildman–Crippen LogP) is 18.5. The van der Waals surface area contributed by atoms with Gasteiger partial charge in [-0.2, -0.15) is 9.97 Å². The Balaban J connectivity index is -0.000000126. The van der Waals surface area contributed by atoms with Crippen molar-refractivity contribution in [2.75, 3.05) is 24.7 Å². The fourth-order valence-corrected chi connectivity index (χ4v) is 6.76. The molecule has 0 atom stereocenters. The van der Waals surface area contributed by atoms with Gasteiger partial charge in [-0.1, -0.05) is 54.1 Å². The fourth-order valence-electron chi connectivity index (χ4n) is 6.76. The third kappa shape index (κ3) is 33.1. The normalized spacial score (nSPS) is 10.4. The van der Waals surface area contributed by atoms with E-state index in [0.29, 0.717) is 51.8 Å². The Kier molecular flexibility index (Phi) is 74.9. The topological polar surface area (TPSA) is 254 Å². The molecule has 2 saturated carbocycles. The smallest absolute Gasteiger partial charge is 0.290 e. The van der Waals surface area contributed by atoms with Gasteiger partial charge in [0, 0.05) is 163 Å². The first-order valence-electron chi connectivity index (χ1n) is 21.6. The van der Waals surface area contributed by atoms with Crippen LogP contribution in [-0.4, -0.2) is 88.2 Å². The van der Waals surface area contributed by atoms with Gasteiger partial charge < -0.3 is 35.3 Å². The van der Waals surface area contributed by atoms with Crippen LogP contribution in [0.1, 0.15) is 77.0 Å². The molecule has 8 aromatic rings. The number of carboxylic acid groups (broad SMARTS) is 1. The molecule has 0 unspecified atom stereocenters. The number of imidazole rings is 2. The van der Waals surface area contributed by atoms with Crippen LogP contribution in [-0.2, 0) is 20.7 Å². The van der Waals surface area contributed by atoms with Gasteiger partial charge in [-0.05, 0) is 101 Å². The van der Waals surface area contributed by atoms with Gasteiger partial charge in [0.1, 0.15) is 35.0 Å². The lowest BCUT2D eigenvalue weighted by molar-refractivity contribution is -0.122. The van der Waals surface area contributed by atoms with E-state index in [1.54, 1.807) is 21.2 Å². The molecule has 48 heteroatoms. The molecule has 0 bridgehead atoms. The molecule has 93 heavy (non-hydrogen) atoms. The van der Waals surface area contributed by atoms with E-state index in [1.165, 1.54) is 0 Å². The number of aryl methyl sites for hydroxylation is 2. The van der Waals surface area contributed by atoms with Gasteiger partial charge >= 0.3 is 0 Å². The van der Waals surface area contributed by atoms with Crippen molar-refractivity contribution >= 4 is 47.7 Å². The number of carbonyl (C=O) groups excluding carboxylic acids is 3. The number of rotatable bonds is 9. The van der Waals surface area contributed by atoms with Crippen LogP contribution in [0.4, 0.5) is 144 Å². The van der Waals surface area contributed by atoms with Gasteiger partial charge in [-0.15, -0.1) is 0 Å². The van der Waals surface area contributed by atoms with Gasteiger partial charge in [0.05, 0.1) is 17.9 Å². The average molecular weight is 1420 g/mol. The highest BCUT2D eigenvalue weighted by Gasteiger charge is 2.51. The van der Waals surface area contributed by atoms with E-state index in [9.17, 15) is 9.59 Å². The maximum atomic E-state index is 12.9. The minimum Gasteiger partial charge on any atom is -0.483 e. The molecule has 6 aromatic heterocycles. The molecule has 10 rings (SSSR count). The van der Waals surface area contributed by atoms with Crippen molar-refractivity contribution in [3.05, 3.63) is 132 Å². The molecule has 19 nitrogen and oxygen atoms in total. The lowest BCUT2D eigenvalue weighted by Crippen LogP contribution is -2.27. The van der Waals surface area contributed by atoms with Crippen LogP contribution in [0.3, 0.4) is 0 Å². The van der Waals surface area contributed by atoms with Crippen LogP contribution < -0.4 is 16.4 Å². The molecule has 0 spiro atoms. The van der Waals surface area contributed by atoms with Crippen molar-refractivity contribution in [2.45, 2.75) is 58.0 Å². The number of amides is 2. The highest BCUT2D eigenvalue weighted by molar-refractivity contribution is 6.05. The van der Waals surface area contributed by atoms with E-state index in [-0.39, 0.29) is 36.0 Å². The summed E-state index contributed by atoms with van der Waals surface area (Å²) in [7, 11) is 4.05. The van der Waals surface area contributed by atoms with Gasteiger partial charge in [-0.25, -0.2) is 9.97 Å². The summed E-state index contributed by atoms with van der Waals surface area (Å²) in [5.41, 5.74) is 12.6. The Morgan fingerprint density at radius 1 is 0.548 bits per heavy atom. The summed E-state index contributed by atoms with van der Waals surface area (Å²) in [5.74, 6) is 1.60. The minimum atomic E-state index is -0.476. The maximum Gasteiger partial charge on any atom is 0.290 e. The third-order valence-electron chi connectivity index (χ3n) is 10.8. The van der Waals surface area contributed by atoms with Crippen LogP contribution in [0.15, 0.2) is 107 Å². The molecule has 2 fully saturated rings. The standard InChI is InChI=1S/C22H22N6O2.C20H18N6O2.CH2O2.CH2O.CH4.14F2.FH/c1-14-7-8-15(19-25-21(30-26-19)22(9-10-22)27(2)3)12-16(14)24-20(29)17-13-23-18-6-4-5-11-28(17)18;1-12-5-6-13(17-24-19(28-25-17)20(21)7-8-20)10-14(12)23-18(27)15-11-22-16-4-2-3-9-26(15)16;2-1-3;1-2;;14*1-2;/h4-8,11-13H,9-10H2,1-3H3,(H,24,29);2-6,9-11H,7-8,21H2,1H3,(H,23,27);1H,(H,2,3);1H2;1H4;;;;;;;;;;;;;;;1H. The van der Waals surface area contributed by atoms with Crippen LogP contribution in [0.25, 0.3) is 34.1 Å². The van der Waals surface area contributed by atoms with Gasteiger partial charge in [0.2, 0.25) is 23.4 Å². The minimum absolute atomic E-state index is 0. The Morgan fingerprint density at radius 3 is 1.14 bits per heavy atom. The van der Waals surface area contributed by atoms with Crippen molar-refractivity contribution < 1.29 is 166 Å². The average Bonchev–Trinajstić information content (AvgIpc) is 1.62. The van der Waals surface area contributed by atoms with E-state index < -0.39 is 5.54 Å². The Bertz CT molecular complexity index is 3010. The summed E-state index contributed by atoms with van der Waals surface area (Å²) in [4.78, 5) is 61.8. The first kappa shape index (κ1) is 105. The van der Waals surface area contributed by atoms with Crippen molar-refractivity contribution in [3.63, 3.8) is 0 Å². The quantitative estimate of drug-likeness (QED) is 0.0774. The summed E-state index contributed by atoms with van der Waals surface area (Å²) >= 11 is 0. The summed E-state index contributed by atoms with van der Waals surface area (Å²) < 4.78 is 238.